The fraction of sp³-hybridized carbons (Fsp3) is 0.769. The number of amides is 1. The van der Waals surface area contributed by atoms with Crippen molar-refractivity contribution in [3.63, 3.8) is 0 Å². The van der Waals surface area contributed by atoms with Gasteiger partial charge in [-0.05, 0) is 78.4 Å². The summed E-state index contributed by atoms with van der Waals surface area (Å²) in [6.07, 6.45) is 10.3. The standard InChI is InChI=1S/C26H42N2O4/c1-25(2,3)32-24(30)28-21(18-19-12-7-6-8-13-19)23(31-26(28,4)5)16-11-15-22(29)20-14-9-10-17-27-20/h9-10,14,17,19,21-23,29H,6-8,11-13,15-16,18H2,1-5H3. The lowest BCUT2D eigenvalue weighted by Gasteiger charge is -2.37. The van der Waals surface area contributed by atoms with Crippen molar-refractivity contribution in [1.82, 2.24) is 9.88 Å². The molecular weight excluding hydrogens is 404 g/mol. The van der Waals surface area contributed by atoms with Gasteiger partial charge in [-0.25, -0.2) is 4.79 Å². The molecule has 1 aliphatic carbocycles. The zero-order valence-electron chi connectivity index (χ0n) is 20.5. The maximum absolute atomic E-state index is 13.2. The normalized spacial score (nSPS) is 25.0. The summed E-state index contributed by atoms with van der Waals surface area (Å²) in [5, 5.41) is 10.5. The van der Waals surface area contributed by atoms with E-state index in [4.69, 9.17) is 9.47 Å². The summed E-state index contributed by atoms with van der Waals surface area (Å²) in [6, 6.07) is 5.60. The predicted octanol–water partition coefficient (Wildman–Crippen LogP) is 6.00. The van der Waals surface area contributed by atoms with Gasteiger partial charge in [-0.2, -0.15) is 0 Å². The Bertz CT molecular complexity index is 725. The minimum Gasteiger partial charge on any atom is -0.444 e. The van der Waals surface area contributed by atoms with Gasteiger partial charge in [-0.1, -0.05) is 38.2 Å². The Morgan fingerprint density at radius 3 is 2.62 bits per heavy atom. The quantitative estimate of drug-likeness (QED) is 0.556. The largest absolute Gasteiger partial charge is 0.444 e. The summed E-state index contributed by atoms with van der Waals surface area (Å²) < 4.78 is 12.3. The molecule has 0 aromatic carbocycles. The summed E-state index contributed by atoms with van der Waals surface area (Å²) in [7, 11) is 0. The number of aliphatic hydroxyl groups is 1. The Morgan fingerprint density at radius 2 is 2.00 bits per heavy atom. The monoisotopic (exact) mass is 446 g/mol. The minimum atomic E-state index is -0.716. The minimum absolute atomic E-state index is 0.00468. The molecule has 2 heterocycles. The first-order valence-electron chi connectivity index (χ1n) is 12.4. The van der Waals surface area contributed by atoms with Crippen LogP contribution in [0.5, 0.6) is 0 Å². The van der Waals surface area contributed by atoms with E-state index >= 15 is 0 Å². The molecule has 1 saturated heterocycles. The van der Waals surface area contributed by atoms with E-state index in [0.717, 1.165) is 19.3 Å². The SMILES string of the molecule is CC(C)(C)OC(=O)N1C(CC2CCCCC2)C(CCCC(O)c2ccccn2)OC1(C)C. The fourth-order valence-corrected chi connectivity index (χ4v) is 5.24. The molecule has 0 spiro atoms. The van der Waals surface area contributed by atoms with Gasteiger partial charge in [-0.3, -0.25) is 9.88 Å². The summed E-state index contributed by atoms with van der Waals surface area (Å²) >= 11 is 0. The molecule has 2 aliphatic rings. The molecule has 0 radical (unpaired) electrons. The smallest absolute Gasteiger partial charge is 0.412 e. The molecule has 1 aromatic rings. The Balaban J connectivity index is 1.69. The average Bonchev–Trinajstić information content (AvgIpc) is 2.97. The topological polar surface area (TPSA) is 71.9 Å². The third-order valence-electron chi connectivity index (χ3n) is 6.67. The van der Waals surface area contributed by atoms with Crippen molar-refractivity contribution in [1.29, 1.82) is 0 Å². The number of hydrogen-bond acceptors (Lipinski definition) is 5. The summed E-state index contributed by atoms with van der Waals surface area (Å²) in [6.45, 7) is 9.64. The maximum atomic E-state index is 13.2. The van der Waals surface area contributed by atoms with E-state index in [1.165, 1.54) is 32.1 Å². The predicted molar refractivity (Wildman–Crippen MR) is 125 cm³/mol. The highest BCUT2D eigenvalue weighted by Crippen LogP contribution is 2.41. The lowest BCUT2D eigenvalue weighted by Crippen LogP contribution is -2.50. The van der Waals surface area contributed by atoms with Gasteiger partial charge < -0.3 is 14.6 Å². The molecule has 3 unspecified atom stereocenters. The summed E-state index contributed by atoms with van der Waals surface area (Å²) in [5.41, 5.74) is -0.561. The second kappa shape index (κ2) is 10.5. The van der Waals surface area contributed by atoms with Gasteiger partial charge in [0.25, 0.3) is 0 Å². The number of aliphatic hydroxyl groups excluding tert-OH is 1. The lowest BCUT2D eigenvalue weighted by atomic mass is 9.83. The van der Waals surface area contributed by atoms with Crippen molar-refractivity contribution in [2.45, 2.75) is 122 Å². The first-order valence-corrected chi connectivity index (χ1v) is 12.4. The Hall–Kier alpha value is -1.66. The zero-order chi connectivity index (χ0) is 23.4. The van der Waals surface area contributed by atoms with Gasteiger partial charge in [0.15, 0.2) is 0 Å². The highest BCUT2D eigenvalue weighted by Gasteiger charge is 2.51. The average molecular weight is 447 g/mol. The number of carbonyl (C=O) groups is 1. The van der Waals surface area contributed by atoms with E-state index in [2.05, 4.69) is 4.98 Å². The molecular formula is C26H42N2O4. The maximum Gasteiger partial charge on any atom is 0.412 e. The zero-order valence-corrected chi connectivity index (χ0v) is 20.5. The molecule has 3 atom stereocenters. The van der Waals surface area contributed by atoms with Crippen molar-refractivity contribution >= 4 is 6.09 Å². The van der Waals surface area contributed by atoms with Crippen molar-refractivity contribution in [2.75, 3.05) is 0 Å². The van der Waals surface area contributed by atoms with Crippen LogP contribution in [0.2, 0.25) is 0 Å². The first kappa shape index (κ1) is 25.0. The number of aromatic nitrogens is 1. The van der Waals surface area contributed by atoms with Crippen LogP contribution < -0.4 is 0 Å². The first-order chi connectivity index (χ1) is 15.1. The van der Waals surface area contributed by atoms with Crippen LogP contribution in [0, 0.1) is 5.92 Å². The molecule has 3 rings (SSSR count). The molecule has 2 fully saturated rings. The molecule has 1 aliphatic heterocycles. The highest BCUT2D eigenvalue weighted by atomic mass is 16.6. The third-order valence-corrected chi connectivity index (χ3v) is 6.67. The van der Waals surface area contributed by atoms with Gasteiger partial charge in [0.05, 0.1) is 23.9 Å². The number of pyridine rings is 1. The summed E-state index contributed by atoms with van der Waals surface area (Å²) in [5.74, 6) is 0.623. The number of hydrogen-bond donors (Lipinski definition) is 1. The van der Waals surface area contributed by atoms with Gasteiger partial charge in [0.2, 0.25) is 0 Å². The molecule has 1 amide bonds. The molecule has 32 heavy (non-hydrogen) atoms. The molecule has 1 saturated carbocycles. The van der Waals surface area contributed by atoms with Gasteiger partial charge in [0.1, 0.15) is 11.3 Å². The molecule has 0 bridgehead atoms. The Morgan fingerprint density at radius 1 is 1.28 bits per heavy atom. The number of carbonyl (C=O) groups excluding carboxylic acids is 1. The van der Waals surface area contributed by atoms with Crippen LogP contribution in [0.25, 0.3) is 0 Å². The highest BCUT2D eigenvalue weighted by molar-refractivity contribution is 5.70. The van der Waals surface area contributed by atoms with Crippen LogP contribution in [-0.4, -0.2) is 44.6 Å². The van der Waals surface area contributed by atoms with E-state index < -0.39 is 17.4 Å². The van der Waals surface area contributed by atoms with Crippen LogP contribution in [-0.2, 0) is 9.47 Å². The number of ether oxygens (including phenoxy) is 2. The van der Waals surface area contributed by atoms with Gasteiger partial charge >= 0.3 is 6.09 Å². The Kier molecular flexibility index (Phi) is 8.21. The fourth-order valence-electron chi connectivity index (χ4n) is 5.24. The third kappa shape index (κ3) is 6.67. The van der Waals surface area contributed by atoms with Crippen LogP contribution in [0.3, 0.4) is 0 Å². The van der Waals surface area contributed by atoms with Crippen LogP contribution in [0.15, 0.2) is 24.4 Å². The second-order valence-electron chi connectivity index (χ2n) is 11.0. The molecule has 180 valence electrons. The van der Waals surface area contributed by atoms with Crippen LogP contribution in [0.1, 0.15) is 104 Å². The summed E-state index contributed by atoms with van der Waals surface area (Å²) in [4.78, 5) is 19.3. The van der Waals surface area contributed by atoms with E-state index in [9.17, 15) is 9.90 Å². The number of nitrogens with zero attached hydrogens (tertiary/aromatic N) is 2. The van der Waals surface area contributed by atoms with E-state index in [1.54, 1.807) is 6.20 Å². The van der Waals surface area contributed by atoms with E-state index in [0.29, 0.717) is 18.0 Å². The van der Waals surface area contributed by atoms with Crippen LogP contribution in [0.4, 0.5) is 4.79 Å². The van der Waals surface area contributed by atoms with Gasteiger partial charge in [-0.15, -0.1) is 0 Å². The molecule has 6 nitrogen and oxygen atoms in total. The molecule has 6 heteroatoms. The van der Waals surface area contributed by atoms with Crippen molar-refractivity contribution in [3.05, 3.63) is 30.1 Å². The van der Waals surface area contributed by atoms with Gasteiger partial charge in [0, 0.05) is 6.20 Å². The van der Waals surface area contributed by atoms with Crippen molar-refractivity contribution in [3.8, 4) is 0 Å². The second-order valence-corrected chi connectivity index (χ2v) is 11.0. The molecule has 1 N–H and O–H groups in total. The van der Waals surface area contributed by atoms with Crippen molar-refractivity contribution < 1.29 is 19.4 Å². The van der Waals surface area contributed by atoms with Crippen LogP contribution >= 0.6 is 0 Å². The molecule has 1 aromatic heterocycles. The van der Waals surface area contributed by atoms with Crippen molar-refractivity contribution in [2.24, 2.45) is 5.92 Å². The number of rotatable bonds is 7. The van der Waals surface area contributed by atoms with E-state index in [1.807, 2.05) is 57.7 Å². The lowest BCUT2D eigenvalue weighted by molar-refractivity contribution is -0.0804. The Labute approximate surface area is 193 Å². The van der Waals surface area contributed by atoms with E-state index in [-0.39, 0.29) is 18.2 Å².